The molecule has 2 rings (SSSR count). The fourth-order valence-electron chi connectivity index (χ4n) is 2.28. The number of benzene rings is 2. The zero-order valence-corrected chi connectivity index (χ0v) is 12.3. The number of phenolic OH excluding ortho intramolecular Hbond substituents is 1. The molecule has 0 bridgehead atoms. The molecule has 0 saturated heterocycles. The first-order valence-corrected chi connectivity index (χ1v) is 6.88. The van der Waals surface area contributed by atoms with Gasteiger partial charge >= 0.3 is 0 Å². The van der Waals surface area contributed by atoms with Crippen LogP contribution in [-0.2, 0) is 12.8 Å². The second-order valence-corrected chi connectivity index (χ2v) is 4.97. The molecular weight excluding hydrogens is 260 g/mol. The van der Waals surface area contributed by atoms with Crippen LogP contribution in [0.25, 0.3) is 5.57 Å². The predicted octanol–water partition coefficient (Wildman–Crippen LogP) is 4.39. The van der Waals surface area contributed by atoms with Crippen LogP contribution in [0.1, 0.15) is 16.7 Å². The maximum atomic E-state index is 9.33. The summed E-state index contributed by atoms with van der Waals surface area (Å²) in [5.41, 5.74) is 4.30. The van der Waals surface area contributed by atoms with Gasteiger partial charge in [0.25, 0.3) is 0 Å². The third-order valence-electron chi connectivity index (χ3n) is 3.38. The van der Waals surface area contributed by atoms with E-state index in [0.717, 1.165) is 28.9 Å². The van der Waals surface area contributed by atoms with Gasteiger partial charge in [-0.25, -0.2) is 0 Å². The van der Waals surface area contributed by atoms with E-state index in [-0.39, 0.29) is 5.75 Å². The predicted molar refractivity (Wildman–Crippen MR) is 87.7 cm³/mol. The lowest BCUT2D eigenvalue weighted by molar-refractivity contribution is 0.413. The number of ether oxygens (including phenoxy) is 1. The zero-order valence-electron chi connectivity index (χ0n) is 12.3. The smallest absolute Gasteiger partial charge is 0.126 e. The molecule has 2 aromatic carbocycles. The van der Waals surface area contributed by atoms with Crippen molar-refractivity contribution >= 4 is 5.57 Å². The molecule has 0 aromatic heterocycles. The van der Waals surface area contributed by atoms with Gasteiger partial charge in [0.1, 0.15) is 11.5 Å². The molecule has 0 spiro atoms. The lowest BCUT2D eigenvalue weighted by Gasteiger charge is -2.13. The maximum absolute atomic E-state index is 9.33. The van der Waals surface area contributed by atoms with Crippen LogP contribution in [0.4, 0.5) is 0 Å². The molecule has 0 amide bonds. The Morgan fingerprint density at radius 3 is 2.43 bits per heavy atom. The topological polar surface area (TPSA) is 29.5 Å². The summed E-state index contributed by atoms with van der Waals surface area (Å²) in [5, 5.41) is 9.33. The Morgan fingerprint density at radius 2 is 1.81 bits per heavy atom. The number of aromatic hydroxyl groups is 1. The van der Waals surface area contributed by atoms with Gasteiger partial charge in [0.2, 0.25) is 0 Å². The number of methoxy groups -OCH3 is 1. The molecule has 1 N–H and O–H groups in total. The summed E-state index contributed by atoms with van der Waals surface area (Å²) in [6, 6.07) is 13.3. The van der Waals surface area contributed by atoms with Gasteiger partial charge in [-0.2, -0.15) is 0 Å². The molecule has 0 atom stereocenters. The molecule has 2 aromatic rings. The van der Waals surface area contributed by atoms with E-state index in [1.807, 2.05) is 30.3 Å². The maximum Gasteiger partial charge on any atom is 0.126 e. The molecule has 2 nitrogen and oxygen atoms in total. The first kappa shape index (κ1) is 14.9. The van der Waals surface area contributed by atoms with Crippen molar-refractivity contribution in [1.82, 2.24) is 0 Å². The Bertz CT molecular complexity index is 639. The molecule has 0 saturated carbocycles. The second kappa shape index (κ2) is 6.80. The van der Waals surface area contributed by atoms with Gasteiger partial charge in [-0.05, 0) is 53.8 Å². The third-order valence-corrected chi connectivity index (χ3v) is 3.38. The van der Waals surface area contributed by atoms with E-state index in [1.54, 1.807) is 19.2 Å². The standard InChI is InChI=1S/C19H20O2/c1-4-5-15-8-11-19(21-3)18(13-15)14(2)12-16-6-9-17(20)10-7-16/h4,6-11,13,20H,1-2,5,12H2,3H3. The van der Waals surface area contributed by atoms with Gasteiger partial charge in [0, 0.05) is 5.56 Å². The lowest BCUT2D eigenvalue weighted by Crippen LogP contribution is -1.96. The molecule has 0 unspecified atom stereocenters. The van der Waals surface area contributed by atoms with E-state index < -0.39 is 0 Å². The van der Waals surface area contributed by atoms with Crippen molar-refractivity contribution in [2.75, 3.05) is 7.11 Å². The van der Waals surface area contributed by atoms with Crippen molar-refractivity contribution in [3.05, 3.63) is 78.4 Å². The summed E-state index contributed by atoms with van der Waals surface area (Å²) < 4.78 is 5.43. The van der Waals surface area contributed by atoms with E-state index in [2.05, 4.69) is 19.2 Å². The Morgan fingerprint density at radius 1 is 1.14 bits per heavy atom. The minimum Gasteiger partial charge on any atom is -0.508 e. The van der Waals surface area contributed by atoms with Gasteiger partial charge in [0.15, 0.2) is 0 Å². The monoisotopic (exact) mass is 280 g/mol. The van der Waals surface area contributed by atoms with Crippen LogP contribution >= 0.6 is 0 Å². The van der Waals surface area contributed by atoms with Crippen LogP contribution in [0.3, 0.4) is 0 Å². The van der Waals surface area contributed by atoms with Gasteiger partial charge in [-0.3, -0.25) is 0 Å². The molecule has 108 valence electrons. The van der Waals surface area contributed by atoms with Crippen LogP contribution < -0.4 is 4.74 Å². The van der Waals surface area contributed by atoms with Crippen LogP contribution in [0, 0.1) is 0 Å². The lowest BCUT2D eigenvalue weighted by atomic mass is 9.96. The summed E-state index contributed by atoms with van der Waals surface area (Å²) >= 11 is 0. The normalized spacial score (nSPS) is 10.1. The van der Waals surface area contributed by atoms with Crippen LogP contribution in [-0.4, -0.2) is 12.2 Å². The summed E-state index contributed by atoms with van der Waals surface area (Å²) in [6.07, 6.45) is 3.42. The Labute approximate surface area is 126 Å². The molecule has 0 fully saturated rings. The second-order valence-electron chi connectivity index (χ2n) is 4.97. The van der Waals surface area contributed by atoms with Gasteiger partial charge in [-0.1, -0.05) is 30.9 Å². The third kappa shape index (κ3) is 3.76. The SMILES string of the molecule is C=CCc1ccc(OC)c(C(=C)Cc2ccc(O)cc2)c1. The minimum atomic E-state index is 0.273. The first-order valence-electron chi connectivity index (χ1n) is 6.88. The first-order chi connectivity index (χ1) is 10.1. The molecule has 0 aliphatic rings. The zero-order chi connectivity index (χ0) is 15.2. The minimum absolute atomic E-state index is 0.273. The summed E-state index contributed by atoms with van der Waals surface area (Å²) in [4.78, 5) is 0. The molecule has 21 heavy (non-hydrogen) atoms. The quantitative estimate of drug-likeness (QED) is 0.795. The van der Waals surface area contributed by atoms with Crippen LogP contribution in [0.2, 0.25) is 0 Å². The summed E-state index contributed by atoms with van der Waals surface area (Å²) in [5.74, 6) is 1.10. The number of allylic oxidation sites excluding steroid dienone is 2. The molecule has 0 aliphatic heterocycles. The van der Waals surface area contributed by atoms with Gasteiger partial charge in [0.05, 0.1) is 7.11 Å². The van der Waals surface area contributed by atoms with E-state index >= 15 is 0 Å². The average Bonchev–Trinajstić information content (AvgIpc) is 2.50. The Balaban J connectivity index is 2.26. The van der Waals surface area contributed by atoms with Crippen LogP contribution in [0.5, 0.6) is 11.5 Å². The summed E-state index contributed by atoms with van der Waals surface area (Å²) in [6.45, 7) is 7.96. The molecule has 0 aliphatic carbocycles. The largest absolute Gasteiger partial charge is 0.508 e. The van der Waals surface area contributed by atoms with Crippen LogP contribution in [0.15, 0.2) is 61.7 Å². The van der Waals surface area contributed by atoms with Crippen molar-refractivity contribution < 1.29 is 9.84 Å². The van der Waals surface area contributed by atoms with Gasteiger partial charge < -0.3 is 9.84 Å². The summed E-state index contributed by atoms with van der Waals surface area (Å²) in [7, 11) is 1.67. The number of rotatable bonds is 6. The van der Waals surface area contributed by atoms with Crippen molar-refractivity contribution in [1.29, 1.82) is 0 Å². The molecule has 2 heteroatoms. The highest BCUT2D eigenvalue weighted by atomic mass is 16.5. The molecular formula is C19H20O2. The van der Waals surface area contributed by atoms with E-state index in [4.69, 9.17) is 4.74 Å². The van der Waals surface area contributed by atoms with E-state index in [0.29, 0.717) is 6.42 Å². The molecule has 0 heterocycles. The average molecular weight is 280 g/mol. The molecule has 0 radical (unpaired) electrons. The number of hydrogen-bond acceptors (Lipinski definition) is 2. The van der Waals surface area contributed by atoms with Crippen molar-refractivity contribution in [2.45, 2.75) is 12.8 Å². The highest BCUT2D eigenvalue weighted by molar-refractivity contribution is 5.71. The Kier molecular flexibility index (Phi) is 4.83. The van der Waals surface area contributed by atoms with Crippen molar-refractivity contribution in [2.24, 2.45) is 0 Å². The van der Waals surface area contributed by atoms with Gasteiger partial charge in [-0.15, -0.1) is 6.58 Å². The highest BCUT2D eigenvalue weighted by Crippen LogP contribution is 2.29. The Hall–Kier alpha value is -2.48. The fraction of sp³-hybridized carbons (Fsp3) is 0.158. The van der Waals surface area contributed by atoms with Crippen molar-refractivity contribution in [3.8, 4) is 11.5 Å². The highest BCUT2D eigenvalue weighted by Gasteiger charge is 2.09. The van der Waals surface area contributed by atoms with E-state index in [1.165, 1.54) is 5.56 Å². The number of hydrogen-bond donors (Lipinski definition) is 1. The van der Waals surface area contributed by atoms with E-state index in [9.17, 15) is 5.11 Å². The van der Waals surface area contributed by atoms with Crippen molar-refractivity contribution in [3.63, 3.8) is 0 Å². The fourth-order valence-corrected chi connectivity index (χ4v) is 2.28. The number of phenols is 1.